The third-order valence-corrected chi connectivity index (χ3v) is 4.25. The molecule has 0 saturated carbocycles. The lowest BCUT2D eigenvalue weighted by atomic mass is 10.2. The summed E-state index contributed by atoms with van der Waals surface area (Å²) in [7, 11) is 0. The number of alkyl halides is 1. The fourth-order valence-electron chi connectivity index (χ4n) is 1.82. The predicted molar refractivity (Wildman–Crippen MR) is 67.1 cm³/mol. The summed E-state index contributed by atoms with van der Waals surface area (Å²) in [5.41, 5.74) is 0.542. The summed E-state index contributed by atoms with van der Waals surface area (Å²) in [6, 6.07) is 8.86. The minimum atomic E-state index is -0.777. The molecule has 0 spiro atoms. The lowest BCUT2D eigenvalue weighted by molar-refractivity contribution is 0.0501. The average molecular weight is 254 g/mol. The Morgan fingerprint density at radius 2 is 2.18 bits per heavy atom. The first-order chi connectivity index (χ1) is 8.16. The SMILES string of the molecule is CC1S[C@H](COC(=O)c2ccccc2)C[C@@H]1F. The number of carbonyl (C=O) groups is 1. The predicted octanol–water partition coefficient (Wildman–Crippen LogP) is 3.08. The number of benzene rings is 1. The van der Waals surface area contributed by atoms with Gasteiger partial charge < -0.3 is 4.74 Å². The van der Waals surface area contributed by atoms with Crippen molar-refractivity contribution in [2.24, 2.45) is 0 Å². The molecule has 4 heteroatoms. The molecule has 1 aromatic rings. The average Bonchev–Trinajstić information content (AvgIpc) is 2.67. The molecule has 2 rings (SSSR count). The molecule has 1 unspecified atom stereocenters. The van der Waals surface area contributed by atoms with E-state index in [1.165, 1.54) is 0 Å². The van der Waals surface area contributed by atoms with Crippen LogP contribution in [0.1, 0.15) is 23.7 Å². The van der Waals surface area contributed by atoms with E-state index in [-0.39, 0.29) is 16.5 Å². The number of thioether (sulfide) groups is 1. The van der Waals surface area contributed by atoms with Crippen LogP contribution < -0.4 is 0 Å². The first-order valence-corrected chi connectivity index (χ1v) is 6.63. The van der Waals surface area contributed by atoms with Crippen molar-refractivity contribution in [3.63, 3.8) is 0 Å². The molecular weight excluding hydrogens is 239 g/mol. The Balaban J connectivity index is 1.81. The van der Waals surface area contributed by atoms with Crippen LogP contribution in [0.15, 0.2) is 30.3 Å². The van der Waals surface area contributed by atoms with Crippen molar-refractivity contribution in [3.8, 4) is 0 Å². The maximum Gasteiger partial charge on any atom is 0.338 e. The molecule has 0 amide bonds. The van der Waals surface area contributed by atoms with Gasteiger partial charge in [-0.05, 0) is 18.6 Å². The van der Waals surface area contributed by atoms with E-state index in [1.54, 1.807) is 36.0 Å². The minimum absolute atomic E-state index is 0.00965. The van der Waals surface area contributed by atoms with Gasteiger partial charge in [0.2, 0.25) is 0 Å². The smallest absolute Gasteiger partial charge is 0.338 e. The van der Waals surface area contributed by atoms with Gasteiger partial charge in [-0.1, -0.05) is 25.1 Å². The normalized spacial score (nSPS) is 28.0. The zero-order valence-electron chi connectivity index (χ0n) is 9.64. The topological polar surface area (TPSA) is 26.3 Å². The van der Waals surface area contributed by atoms with Crippen LogP contribution in [0.2, 0.25) is 0 Å². The number of carbonyl (C=O) groups excluding carboxylic acids is 1. The number of ether oxygens (including phenoxy) is 1. The summed E-state index contributed by atoms with van der Waals surface area (Å²) in [6.07, 6.45) is -0.297. The van der Waals surface area contributed by atoms with E-state index in [4.69, 9.17) is 4.74 Å². The Morgan fingerprint density at radius 1 is 1.47 bits per heavy atom. The molecule has 92 valence electrons. The lowest BCUT2D eigenvalue weighted by Gasteiger charge is -2.09. The fraction of sp³-hybridized carbons (Fsp3) is 0.462. The van der Waals surface area contributed by atoms with Crippen LogP contribution in [0.5, 0.6) is 0 Å². The number of hydrogen-bond acceptors (Lipinski definition) is 3. The second-order valence-corrected chi connectivity index (χ2v) is 5.86. The number of hydrogen-bond donors (Lipinski definition) is 0. The quantitative estimate of drug-likeness (QED) is 0.775. The summed E-state index contributed by atoms with van der Waals surface area (Å²) in [4.78, 5) is 11.6. The summed E-state index contributed by atoms with van der Waals surface area (Å²) in [6.45, 7) is 2.16. The third-order valence-electron chi connectivity index (χ3n) is 2.81. The van der Waals surface area contributed by atoms with Crippen LogP contribution in [0.3, 0.4) is 0 Å². The van der Waals surface area contributed by atoms with Gasteiger partial charge in [0.05, 0.1) is 5.56 Å². The summed E-state index contributed by atoms with van der Waals surface area (Å²) in [5, 5.41) is 0.100. The van der Waals surface area contributed by atoms with E-state index in [0.29, 0.717) is 18.6 Å². The maximum atomic E-state index is 13.3. The highest BCUT2D eigenvalue weighted by Gasteiger charge is 2.32. The maximum absolute atomic E-state index is 13.3. The zero-order valence-corrected chi connectivity index (χ0v) is 10.5. The van der Waals surface area contributed by atoms with Crippen molar-refractivity contribution in [2.75, 3.05) is 6.61 Å². The molecule has 2 nitrogen and oxygen atoms in total. The van der Waals surface area contributed by atoms with Crippen LogP contribution in [0.25, 0.3) is 0 Å². The molecule has 0 radical (unpaired) electrons. The highest BCUT2D eigenvalue weighted by Crippen LogP contribution is 2.35. The third kappa shape index (κ3) is 3.22. The second kappa shape index (κ2) is 5.54. The minimum Gasteiger partial charge on any atom is -0.461 e. The number of esters is 1. The van der Waals surface area contributed by atoms with Gasteiger partial charge in [0.1, 0.15) is 12.8 Å². The van der Waals surface area contributed by atoms with Crippen molar-refractivity contribution in [3.05, 3.63) is 35.9 Å². The molecule has 1 aromatic carbocycles. The summed E-state index contributed by atoms with van der Waals surface area (Å²) in [5.74, 6) is -0.332. The van der Waals surface area contributed by atoms with E-state index in [1.807, 2.05) is 13.0 Å². The highest BCUT2D eigenvalue weighted by molar-refractivity contribution is 8.00. The Bertz CT molecular complexity index is 372. The first kappa shape index (κ1) is 12.4. The van der Waals surface area contributed by atoms with E-state index >= 15 is 0 Å². The van der Waals surface area contributed by atoms with Crippen LogP contribution in [-0.4, -0.2) is 29.2 Å². The summed E-state index contributed by atoms with van der Waals surface area (Å²) >= 11 is 1.56. The van der Waals surface area contributed by atoms with Gasteiger partial charge in [-0.2, -0.15) is 0 Å². The molecule has 1 saturated heterocycles. The van der Waals surface area contributed by atoms with Crippen LogP contribution >= 0.6 is 11.8 Å². The van der Waals surface area contributed by atoms with Crippen molar-refractivity contribution in [1.82, 2.24) is 0 Å². The fourth-order valence-corrected chi connectivity index (χ4v) is 3.15. The van der Waals surface area contributed by atoms with E-state index in [0.717, 1.165) is 0 Å². The number of halogens is 1. The molecule has 1 aliphatic heterocycles. The molecule has 0 aromatic heterocycles. The molecule has 1 fully saturated rings. The van der Waals surface area contributed by atoms with Crippen LogP contribution in [0.4, 0.5) is 4.39 Å². The van der Waals surface area contributed by atoms with Gasteiger partial charge in [0.15, 0.2) is 0 Å². The Kier molecular flexibility index (Phi) is 4.05. The number of rotatable bonds is 3. The van der Waals surface area contributed by atoms with Gasteiger partial charge in [-0.15, -0.1) is 11.8 Å². The first-order valence-electron chi connectivity index (χ1n) is 5.68. The van der Waals surface area contributed by atoms with Gasteiger partial charge in [-0.3, -0.25) is 0 Å². The van der Waals surface area contributed by atoms with Crippen LogP contribution in [-0.2, 0) is 4.74 Å². The molecule has 17 heavy (non-hydrogen) atoms. The monoisotopic (exact) mass is 254 g/mol. The van der Waals surface area contributed by atoms with Crippen molar-refractivity contribution in [2.45, 2.75) is 30.0 Å². The Hall–Kier alpha value is -1.03. The van der Waals surface area contributed by atoms with Crippen molar-refractivity contribution in [1.29, 1.82) is 0 Å². The molecular formula is C13H15FO2S. The molecule has 0 bridgehead atoms. The standard InChI is InChI=1S/C13H15FO2S/c1-9-12(14)7-11(17-9)8-16-13(15)10-5-3-2-4-6-10/h2-6,9,11-12H,7-8H2,1H3/t9?,11-,12-/m0/s1. The Labute approximate surface area is 105 Å². The van der Waals surface area contributed by atoms with Gasteiger partial charge in [0, 0.05) is 10.5 Å². The van der Waals surface area contributed by atoms with Gasteiger partial charge in [-0.25, -0.2) is 9.18 Å². The molecule has 0 aliphatic carbocycles. The molecule has 1 heterocycles. The lowest BCUT2D eigenvalue weighted by Crippen LogP contribution is -2.15. The highest BCUT2D eigenvalue weighted by atomic mass is 32.2. The van der Waals surface area contributed by atoms with Crippen molar-refractivity contribution >= 4 is 17.7 Å². The second-order valence-electron chi connectivity index (χ2n) is 4.18. The van der Waals surface area contributed by atoms with E-state index in [2.05, 4.69) is 0 Å². The largest absolute Gasteiger partial charge is 0.461 e. The van der Waals surface area contributed by atoms with Gasteiger partial charge in [0.25, 0.3) is 0 Å². The van der Waals surface area contributed by atoms with E-state index < -0.39 is 6.17 Å². The Morgan fingerprint density at radius 3 is 2.76 bits per heavy atom. The van der Waals surface area contributed by atoms with Gasteiger partial charge >= 0.3 is 5.97 Å². The molecule has 3 atom stereocenters. The van der Waals surface area contributed by atoms with E-state index in [9.17, 15) is 9.18 Å². The zero-order chi connectivity index (χ0) is 12.3. The molecule has 1 aliphatic rings. The van der Waals surface area contributed by atoms with Crippen LogP contribution in [0, 0.1) is 0 Å². The summed E-state index contributed by atoms with van der Waals surface area (Å²) < 4.78 is 18.4. The van der Waals surface area contributed by atoms with Crippen molar-refractivity contribution < 1.29 is 13.9 Å². The molecule has 0 N–H and O–H groups in total.